The first-order chi connectivity index (χ1) is 17.7. The number of ether oxygens (including phenoxy) is 1. The Bertz CT molecular complexity index is 1220. The van der Waals surface area contributed by atoms with Crippen LogP contribution in [-0.4, -0.2) is 5.97 Å². The van der Waals surface area contributed by atoms with Crippen molar-refractivity contribution in [2.45, 2.75) is 77.6 Å². The lowest BCUT2D eigenvalue weighted by Gasteiger charge is -2.10. The standard InChI is InChI=1S/C33H40NO2/c1-3-4-5-6-7-8-9-10-11-12-17-26-22-24-27(25-23-26)36-33(35)32-28-18-13-15-20-30(28)34(2)31-21-16-14-19-29(31)32/h13-16,18-25H,3-12,17H2,1-2H3/q+1. The van der Waals surface area contributed by atoms with Crippen LogP contribution in [0.5, 0.6) is 5.75 Å². The summed E-state index contributed by atoms with van der Waals surface area (Å²) in [5.74, 6) is 0.277. The average Bonchev–Trinajstić information content (AvgIpc) is 2.91. The number of esters is 1. The number of rotatable bonds is 13. The molecule has 0 saturated carbocycles. The highest BCUT2D eigenvalue weighted by Crippen LogP contribution is 2.26. The molecule has 1 aromatic heterocycles. The number of nitrogens with zero attached hydrogens (tertiary/aromatic N) is 1. The molecule has 0 unspecified atom stereocenters. The van der Waals surface area contributed by atoms with Gasteiger partial charge in [0.2, 0.25) is 11.0 Å². The summed E-state index contributed by atoms with van der Waals surface area (Å²) < 4.78 is 8.00. The predicted molar refractivity (Wildman–Crippen MR) is 150 cm³/mol. The molecule has 3 heteroatoms. The molecule has 0 radical (unpaired) electrons. The first kappa shape index (κ1) is 25.9. The van der Waals surface area contributed by atoms with Crippen LogP contribution in [0.4, 0.5) is 0 Å². The monoisotopic (exact) mass is 482 g/mol. The summed E-state index contributed by atoms with van der Waals surface area (Å²) in [4.78, 5) is 13.4. The molecular formula is C33H40NO2+. The van der Waals surface area contributed by atoms with Crippen molar-refractivity contribution in [2.75, 3.05) is 0 Å². The smallest absolute Gasteiger partial charge is 0.345 e. The van der Waals surface area contributed by atoms with E-state index in [-0.39, 0.29) is 5.97 Å². The summed E-state index contributed by atoms with van der Waals surface area (Å²) in [5.41, 5.74) is 3.94. The molecule has 0 saturated heterocycles. The maximum Gasteiger partial charge on any atom is 0.345 e. The number of unbranched alkanes of at least 4 members (excludes halogenated alkanes) is 9. The van der Waals surface area contributed by atoms with Crippen LogP contribution >= 0.6 is 0 Å². The summed E-state index contributed by atoms with van der Waals surface area (Å²) in [7, 11) is 2.03. The summed E-state index contributed by atoms with van der Waals surface area (Å²) >= 11 is 0. The van der Waals surface area contributed by atoms with Gasteiger partial charge in [0.1, 0.15) is 12.8 Å². The Balaban J connectivity index is 1.32. The van der Waals surface area contributed by atoms with Crippen molar-refractivity contribution in [1.82, 2.24) is 0 Å². The Morgan fingerprint density at radius 3 is 1.72 bits per heavy atom. The van der Waals surface area contributed by atoms with Gasteiger partial charge in [-0.25, -0.2) is 4.79 Å². The van der Waals surface area contributed by atoms with E-state index in [4.69, 9.17) is 4.74 Å². The summed E-state index contributed by atoms with van der Waals surface area (Å²) in [6.07, 6.45) is 14.6. The number of hydrogen-bond acceptors (Lipinski definition) is 2. The normalized spacial score (nSPS) is 11.3. The predicted octanol–water partition coefficient (Wildman–Crippen LogP) is 8.50. The molecular weight excluding hydrogens is 442 g/mol. The van der Waals surface area contributed by atoms with Crippen LogP contribution in [0, 0.1) is 0 Å². The van der Waals surface area contributed by atoms with Gasteiger partial charge in [0.15, 0.2) is 0 Å². The minimum Gasteiger partial charge on any atom is -0.423 e. The lowest BCUT2D eigenvalue weighted by atomic mass is 10.0. The zero-order valence-electron chi connectivity index (χ0n) is 22.0. The number of carbonyl (C=O) groups excluding carboxylic acids is 1. The average molecular weight is 483 g/mol. The molecule has 4 rings (SSSR count). The van der Waals surface area contributed by atoms with Crippen molar-refractivity contribution in [1.29, 1.82) is 0 Å². The molecule has 3 aromatic carbocycles. The van der Waals surface area contributed by atoms with Crippen molar-refractivity contribution < 1.29 is 14.1 Å². The lowest BCUT2D eigenvalue weighted by molar-refractivity contribution is -0.617. The van der Waals surface area contributed by atoms with Gasteiger partial charge in [-0.3, -0.25) is 0 Å². The second-order valence-electron chi connectivity index (χ2n) is 9.93. The molecule has 0 atom stereocenters. The SMILES string of the molecule is CCCCCCCCCCCCc1ccc(OC(=O)c2c3ccccc3[n+](C)c3ccccc23)cc1. The highest BCUT2D eigenvalue weighted by Gasteiger charge is 2.23. The van der Waals surface area contributed by atoms with Crippen LogP contribution < -0.4 is 9.30 Å². The Morgan fingerprint density at radius 2 is 1.17 bits per heavy atom. The molecule has 0 aliphatic heterocycles. The van der Waals surface area contributed by atoms with Gasteiger partial charge >= 0.3 is 5.97 Å². The molecule has 0 aliphatic carbocycles. The molecule has 1 heterocycles. The van der Waals surface area contributed by atoms with E-state index >= 15 is 0 Å². The number of hydrogen-bond donors (Lipinski definition) is 0. The number of aryl methyl sites for hydroxylation is 2. The van der Waals surface area contributed by atoms with Crippen molar-refractivity contribution in [3.05, 3.63) is 83.9 Å². The van der Waals surface area contributed by atoms with Crippen molar-refractivity contribution in [3.63, 3.8) is 0 Å². The molecule has 0 spiro atoms. The fourth-order valence-electron chi connectivity index (χ4n) is 5.15. The van der Waals surface area contributed by atoms with Crippen LogP contribution in [0.3, 0.4) is 0 Å². The molecule has 0 fully saturated rings. The first-order valence-electron chi connectivity index (χ1n) is 13.8. The first-order valence-corrected chi connectivity index (χ1v) is 13.8. The topological polar surface area (TPSA) is 30.2 Å². The Morgan fingerprint density at radius 1 is 0.667 bits per heavy atom. The number of para-hydroxylation sites is 2. The molecule has 4 aromatic rings. The molecule has 0 amide bonds. The lowest BCUT2D eigenvalue weighted by Crippen LogP contribution is -2.31. The van der Waals surface area contributed by atoms with Gasteiger partial charge in [-0.05, 0) is 42.7 Å². The number of pyridine rings is 1. The maximum absolute atomic E-state index is 13.4. The largest absolute Gasteiger partial charge is 0.423 e. The quantitative estimate of drug-likeness (QED) is 0.0628. The number of fused-ring (bicyclic) bond motifs is 2. The van der Waals surface area contributed by atoms with Crippen molar-refractivity contribution in [3.8, 4) is 5.75 Å². The third-order valence-corrected chi connectivity index (χ3v) is 7.23. The highest BCUT2D eigenvalue weighted by atomic mass is 16.5. The van der Waals surface area contributed by atoms with Crippen LogP contribution in [0.1, 0.15) is 87.1 Å². The van der Waals surface area contributed by atoms with E-state index in [1.807, 2.05) is 67.7 Å². The number of carbonyl (C=O) groups is 1. The third kappa shape index (κ3) is 6.51. The molecule has 36 heavy (non-hydrogen) atoms. The van der Waals surface area contributed by atoms with Gasteiger partial charge in [0, 0.05) is 12.1 Å². The highest BCUT2D eigenvalue weighted by molar-refractivity contribution is 6.13. The Hall–Kier alpha value is -3.20. The van der Waals surface area contributed by atoms with E-state index < -0.39 is 0 Å². The van der Waals surface area contributed by atoms with E-state index in [1.54, 1.807) is 0 Å². The summed E-state index contributed by atoms with van der Waals surface area (Å²) in [6, 6.07) is 24.1. The minimum atomic E-state index is -0.314. The maximum atomic E-state index is 13.4. The van der Waals surface area contributed by atoms with Gasteiger partial charge in [-0.1, -0.05) is 101 Å². The number of aromatic nitrogens is 1. The van der Waals surface area contributed by atoms with Crippen LogP contribution in [0.2, 0.25) is 0 Å². The molecule has 188 valence electrons. The minimum absolute atomic E-state index is 0.314. The fourth-order valence-corrected chi connectivity index (χ4v) is 5.15. The van der Waals surface area contributed by atoms with Gasteiger partial charge in [0.25, 0.3) is 0 Å². The van der Waals surface area contributed by atoms with E-state index in [0.717, 1.165) is 28.2 Å². The van der Waals surface area contributed by atoms with E-state index in [2.05, 4.69) is 23.6 Å². The summed E-state index contributed by atoms with van der Waals surface area (Å²) in [5, 5.41) is 1.81. The Labute approximate surface area is 216 Å². The van der Waals surface area contributed by atoms with E-state index in [9.17, 15) is 4.79 Å². The second kappa shape index (κ2) is 13.2. The van der Waals surface area contributed by atoms with Crippen LogP contribution in [0.15, 0.2) is 72.8 Å². The van der Waals surface area contributed by atoms with E-state index in [1.165, 1.54) is 69.8 Å². The van der Waals surface area contributed by atoms with Crippen LogP contribution in [0.25, 0.3) is 21.8 Å². The van der Waals surface area contributed by atoms with Gasteiger partial charge in [-0.2, -0.15) is 4.57 Å². The summed E-state index contributed by atoms with van der Waals surface area (Å²) in [6.45, 7) is 2.27. The zero-order chi connectivity index (χ0) is 25.2. The van der Waals surface area contributed by atoms with E-state index in [0.29, 0.717) is 11.3 Å². The van der Waals surface area contributed by atoms with Gasteiger partial charge < -0.3 is 4.74 Å². The molecule has 3 nitrogen and oxygen atoms in total. The molecule has 0 N–H and O–H groups in total. The molecule has 0 bridgehead atoms. The van der Waals surface area contributed by atoms with Crippen molar-refractivity contribution in [2.24, 2.45) is 7.05 Å². The van der Waals surface area contributed by atoms with Gasteiger partial charge in [0.05, 0.1) is 16.3 Å². The van der Waals surface area contributed by atoms with Gasteiger partial charge in [-0.15, -0.1) is 0 Å². The second-order valence-corrected chi connectivity index (χ2v) is 9.93. The zero-order valence-corrected chi connectivity index (χ0v) is 22.0. The van der Waals surface area contributed by atoms with Crippen molar-refractivity contribution >= 4 is 27.8 Å². The third-order valence-electron chi connectivity index (χ3n) is 7.23. The number of benzene rings is 3. The molecule has 0 aliphatic rings. The fraction of sp³-hybridized carbons (Fsp3) is 0.394. The Kier molecular flexibility index (Phi) is 9.49. The van der Waals surface area contributed by atoms with Crippen LogP contribution in [-0.2, 0) is 13.5 Å².